The topological polar surface area (TPSA) is 16.1 Å². The van der Waals surface area contributed by atoms with E-state index in [0.29, 0.717) is 11.7 Å². The molecule has 3 rings (SSSR count). The first-order chi connectivity index (χ1) is 9.66. The Hall–Kier alpha value is -1.61. The zero-order valence-electron chi connectivity index (χ0n) is 11.4. The van der Waals surface area contributed by atoms with Gasteiger partial charge in [0.15, 0.2) is 0 Å². The van der Waals surface area contributed by atoms with Gasteiger partial charge in [0, 0.05) is 36.1 Å². The van der Waals surface area contributed by atoms with E-state index in [1.165, 1.54) is 0 Å². The minimum Gasteiger partial charge on any atom is -0.367 e. The summed E-state index contributed by atoms with van der Waals surface area (Å²) in [6.07, 6.45) is 3.45. The lowest BCUT2D eigenvalue weighted by atomic mass is 9.97. The second-order valence-corrected chi connectivity index (χ2v) is 5.53. The van der Waals surface area contributed by atoms with Crippen molar-refractivity contribution in [1.29, 1.82) is 0 Å². The van der Waals surface area contributed by atoms with Crippen molar-refractivity contribution >= 4 is 17.3 Å². The van der Waals surface area contributed by atoms with Crippen LogP contribution in [0, 0.1) is 12.7 Å². The number of rotatable bonds is 2. The molecule has 20 heavy (non-hydrogen) atoms. The van der Waals surface area contributed by atoms with Crippen molar-refractivity contribution in [1.82, 2.24) is 4.98 Å². The first-order valence-electron chi connectivity index (χ1n) is 6.79. The van der Waals surface area contributed by atoms with Gasteiger partial charge in [-0.25, -0.2) is 9.37 Å². The number of anilines is 1. The molecule has 1 aromatic heterocycles. The average Bonchev–Trinajstić information content (AvgIpc) is 2.45. The third kappa shape index (κ3) is 2.38. The molecule has 1 aromatic carbocycles. The molecule has 1 aliphatic rings. The van der Waals surface area contributed by atoms with E-state index in [1.807, 2.05) is 25.1 Å². The van der Waals surface area contributed by atoms with Crippen molar-refractivity contribution in [2.45, 2.75) is 26.3 Å². The largest absolute Gasteiger partial charge is 0.367 e. The molecule has 0 radical (unpaired) electrons. The Labute approximate surface area is 123 Å². The summed E-state index contributed by atoms with van der Waals surface area (Å²) in [5, 5.41) is 0.522. The number of fused-ring (bicyclic) bond motifs is 1. The van der Waals surface area contributed by atoms with Crippen molar-refractivity contribution in [3.8, 4) is 0 Å². The van der Waals surface area contributed by atoms with Crippen LogP contribution in [0.1, 0.15) is 23.1 Å². The van der Waals surface area contributed by atoms with Gasteiger partial charge in [0.05, 0.1) is 0 Å². The zero-order chi connectivity index (χ0) is 14.1. The number of hydrogen-bond donors (Lipinski definition) is 0. The third-order valence-corrected chi connectivity index (χ3v) is 4.14. The maximum atomic E-state index is 14.0. The molecular weight excluding hydrogens is 275 g/mol. The van der Waals surface area contributed by atoms with Gasteiger partial charge in [-0.15, -0.1) is 0 Å². The Morgan fingerprint density at radius 3 is 3.00 bits per heavy atom. The average molecular weight is 291 g/mol. The molecule has 104 valence electrons. The van der Waals surface area contributed by atoms with Crippen LogP contribution in [0.2, 0.25) is 5.15 Å². The van der Waals surface area contributed by atoms with Gasteiger partial charge in [-0.2, -0.15) is 0 Å². The van der Waals surface area contributed by atoms with Crippen LogP contribution in [0.5, 0.6) is 0 Å². The quantitative estimate of drug-likeness (QED) is 0.773. The SMILES string of the molecule is Cc1ccc(F)c2c1N(Cc1cccnc1Cl)CCC2. The van der Waals surface area contributed by atoms with E-state index >= 15 is 0 Å². The highest BCUT2D eigenvalue weighted by Gasteiger charge is 2.22. The molecule has 2 aromatic rings. The number of halogens is 2. The third-order valence-electron chi connectivity index (χ3n) is 3.80. The van der Waals surface area contributed by atoms with Crippen molar-refractivity contribution < 1.29 is 4.39 Å². The van der Waals surface area contributed by atoms with Crippen LogP contribution in [0.25, 0.3) is 0 Å². The number of aromatic nitrogens is 1. The number of benzene rings is 1. The molecule has 2 heterocycles. The molecule has 0 atom stereocenters. The molecule has 0 N–H and O–H groups in total. The summed E-state index contributed by atoms with van der Waals surface area (Å²) in [7, 11) is 0. The van der Waals surface area contributed by atoms with E-state index in [2.05, 4.69) is 9.88 Å². The zero-order valence-corrected chi connectivity index (χ0v) is 12.1. The van der Waals surface area contributed by atoms with E-state index in [1.54, 1.807) is 12.3 Å². The van der Waals surface area contributed by atoms with E-state index < -0.39 is 0 Å². The maximum absolute atomic E-state index is 14.0. The minimum absolute atomic E-state index is 0.104. The lowest BCUT2D eigenvalue weighted by Crippen LogP contribution is -2.30. The number of aryl methyl sites for hydroxylation is 1. The predicted molar refractivity (Wildman–Crippen MR) is 79.8 cm³/mol. The van der Waals surface area contributed by atoms with Crippen molar-refractivity contribution in [2.75, 3.05) is 11.4 Å². The van der Waals surface area contributed by atoms with Gasteiger partial charge in [-0.3, -0.25) is 0 Å². The fourth-order valence-electron chi connectivity index (χ4n) is 2.87. The van der Waals surface area contributed by atoms with Crippen LogP contribution in [-0.2, 0) is 13.0 Å². The Morgan fingerprint density at radius 1 is 1.35 bits per heavy atom. The monoisotopic (exact) mass is 290 g/mol. The molecule has 0 fully saturated rings. The molecule has 0 amide bonds. The van der Waals surface area contributed by atoms with Crippen LogP contribution in [0.3, 0.4) is 0 Å². The summed E-state index contributed by atoms with van der Waals surface area (Å²) in [5.74, 6) is -0.104. The highest BCUT2D eigenvalue weighted by Crippen LogP contribution is 2.34. The Bertz CT molecular complexity index is 642. The summed E-state index contributed by atoms with van der Waals surface area (Å²) in [4.78, 5) is 6.31. The standard InChI is InChI=1S/C16H16ClFN2/c1-11-6-7-14(18)13-5-3-9-20(15(11)13)10-12-4-2-8-19-16(12)17/h2,4,6-8H,3,5,9-10H2,1H3. The minimum atomic E-state index is -0.104. The summed E-state index contributed by atoms with van der Waals surface area (Å²) in [6, 6.07) is 7.26. The molecule has 0 spiro atoms. The van der Waals surface area contributed by atoms with Crippen LogP contribution >= 0.6 is 11.6 Å². The molecule has 1 aliphatic heterocycles. The molecule has 2 nitrogen and oxygen atoms in total. The van der Waals surface area contributed by atoms with E-state index in [-0.39, 0.29) is 5.82 Å². The predicted octanol–water partition coefficient (Wildman–Crippen LogP) is 4.14. The lowest BCUT2D eigenvalue weighted by Gasteiger charge is -2.33. The number of nitrogens with zero attached hydrogens (tertiary/aromatic N) is 2. The molecule has 0 unspecified atom stereocenters. The second kappa shape index (κ2) is 5.41. The molecular formula is C16H16ClFN2. The molecule has 0 saturated heterocycles. The first kappa shape index (κ1) is 13.4. The van der Waals surface area contributed by atoms with Crippen molar-refractivity contribution in [2.24, 2.45) is 0 Å². The lowest BCUT2D eigenvalue weighted by molar-refractivity contribution is 0.586. The van der Waals surface area contributed by atoms with E-state index in [4.69, 9.17) is 11.6 Å². The molecule has 0 saturated carbocycles. The van der Waals surface area contributed by atoms with Gasteiger partial charge in [0.2, 0.25) is 0 Å². The smallest absolute Gasteiger partial charge is 0.133 e. The second-order valence-electron chi connectivity index (χ2n) is 5.17. The molecule has 0 aliphatic carbocycles. The van der Waals surface area contributed by atoms with Crippen LogP contribution in [0.15, 0.2) is 30.5 Å². The van der Waals surface area contributed by atoms with Crippen LogP contribution < -0.4 is 4.90 Å². The summed E-state index contributed by atoms with van der Waals surface area (Å²) in [5.41, 5.74) is 3.94. The number of pyridine rings is 1. The van der Waals surface area contributed by atoms with Crippen LogP contribution in [0.4, 0.5) is 10.1 Å². The summed E-state index contributed by atoms with van der Waals surface area (Å²) >= 11 is 6.13. The highest BCUT2D eigenvalue weighted by molar-refractivity contribution is 6.30. The fourth-order valence-corrected chi connectivity index (χ4v) is 3.05. The fraction of sp³-hybridized carbons (Fsp3) is 0.312. The summed E-state index contributed by atoms with van der Waals surface area (Å²) < 4.78 is 14.0. The van der Waals surface area contributed by atoms with Gasteiger partial charge in [-0.1, -0.05) is 23.7 Å². The number of hydrogen-bond acceptors (Lipinski definition) is 2. The van der Waals surface area contributed by atoms with Crippen molar-refractivity contribution in [3.05, 3.63) is 58.1 Å². The Balaban J connectivity index is 1.98. The van der Waals surface area contributed by atoms with Gasteiger partial charge in [-0.05, 0) is 37.5 Å². The van der Waals surface area contributed by atoms with Crippen LogP contribution in [-0.4, -0.2) is 11.5 Å². The summed E-state index contributed by atoms with van der Waals surface area (Å²) in [6.45, 7) is 3.62. The Morgan fingerprint density at radius 2 is 2.20 bits per heavy atom. The highest BCUT2D eigenvalue weighted by atomic mass is 35.5. The normalized spacial score (nSPS) is 14.2. The molecule has 0 bridgehead atoms. The van der Waals surface area contributed by atoms with E-state index in [0.717, 1.165) is 41.8 Å². The van der Waals surface area contributed by atoms with Gasteiger partial charge >= 0.3 is 0 Å². The first-order valence-corrected chi connectivity index (χ1v) is 7.17. The van der Waals surface area contributed by atoms with Gasteiger partial charge < -0.3 is 4.90 Å². The maximum Gasteiger partial charge on any atom is 0.133 e. The molecule has 4 heteroatoms. The Kier molecular flexibility index (Phi) is 3.62. The van der Waals surface area contributed by atoms with Gasteiger partial charge in [0.1, 0.15) is 11.0 Å². The van der Waals surface area contributed by atoms with Gasteiger partial charge in [0.25, 0.3) is 0 Å². The van der Waals surface area contributed by atoms with E-state index in [9.17, 15) is 4.39 Å². The van der Waals surface area contributed by atoms with Crippen molar-refractivity contribution in [3.63, 3.8) is 0 Å².